The molecule has 0 radical (unpaired) electrons. The summed E-state index contributed by atoms with van der Waals surface area (Å²) in [6, 6.07) is 10.00. The number of hydrogen-bond acceptors (Lipinski definition) is 4. The first-order valence-electron chi connectivity index (χ1n) is 8.81. The van der Waals surface area contributed by atoms with E-state index in [2.05, 4.69) is 15.8 Å². The fraction of sp³-hybridized carbons (Fsp3) is 0.250. The number of carbonyl (C=O) groups excluding carboxylic acids is 2. The Kier molecular flexibility index (Phi) is 8.76. The van der Waals surface area contributed by atoms with E-state index < -0.39 is 11.8 Å². The lowest BCUT2D eigenvalue weighted by Gasteiger charge is -2.12. The maximum Gasteiger partial charge on any atom is 0.329 e. The molecule has 6 nitrogen and oxygen atoms in total. The molecule has 9 heteroatoms. The van der Waals surface area contributed by atoms with E-state index in [1.807, 2.05) is 6.92 Å². The summed E-state index contributed by atoms with van der Waals surface area (Å²) in [5.41, 5.74) is 3.32. The molecule has 2 aromatic rings. The quantitative estimate of drug-likeness (QED) is 0.363. The second kappa shape index (κ2) is 11.0. The number of hydrogen-bond donors (Lipinski definition) is 2. The summed E-state index contributed by atoms with van der Waals surface area (Å²) in [5, 5.41) is 7.79. The normalized spacial score (nSPS) is 11.9. The zero-order valence-electron chi connectivity index (χ0n) is 15.8. The number of carbonyl (C=O) groups is 2. The predicted octanol–water partition coefficient (Wildman–Crippen LogP) is 4.59. The van der Waals surface area contributed by atoms with Gasteiger partial charge < -0.3 is 10.1 Å². The summed E-state index contributed by atoms with van der Waals surface area (Å²) >= 11 is 18.4. The lowest BCUT2D eigenvalue weighted by molar-refractivity contribution is -0.139. The SMILES string of the molecule is CC[C@@H](C)NC(=O)C(=O)N/N=C\c1cc(Cl)ccc1OCc1c(Cl)cccc1Cl. The molecule has 2 amide bonds. The minimum Gasteiger partial charge on any atom is -0.488 e. The van der Waals surface area contributed by atoms with Gasteiger partial charge in [0.25, 0.3) is 0 Å². The van der Waals surface area contributed by atoms with Gasteiger partial charge in [-0.2, -0.15) is 5.10 Å². The topological polar surface area (TPSA) is 79.8 Å². The molecule has 29 heavy (non-hydrogen) atoms. The van der Waals surface area contributed by atoms with Crippen LogP contribution in [0.5, 0.6) is 5.75 Å². The van der Waals surface area contributed by atoms with Crippen LogP contribution in [0, 0.1) is 0 Å². The number of halogens is 3. The van der Waals surface area contributed by atoms with Gasteiger partial charge in [-0.15, -0.1) is 0 Å². The first-order valence-corrected chi connectivity index (χ1v) is 9.94. The highest BCUT2D eigenvalue weighted by molar-refractivity contribution is 6.36. The van der Waals surface area contributed by atoms with Crippen molar-refractivity contribution in [2.45, 2.75) is 32.9 Å². The second-order valence-electron chi connectivity index (χ2n) is 6.15. The molecular formula is C20H20Cl3N3O3. The van der Waals surface area contributed by atoms with Crippen LogP contribution >= 0.6 is 34.8 Å². The molecule has 0 saturated carbocycles. The van der Waals surface area contributed by atoms with Crippen molar-refractivity contribution < 1.29 is 14.3 Å². The van der Waals surface area contributed by atoms with E-state index in [0.717, 1.165) is 0 Å². The van der Waals surface area contributed by atoms with Crippen molar-refractivity contribution in [2.24, 2.45) is 5.10 Å². The Hall–Kier alpha value is -2.28. The summed E-state index contributed by atoms with van der Waals surface area (Å²) in [4.78, 5) is 23.5. The van der Waals surface area contributed by atoms with Crippen LogP contribution in [0.3, 0.4) is 0 Å². The molecule has 154 valence electrons. The van der Waals surface area contributed by atoms with Crippen molar-refractivity contribution in [3.63, 3.8) is 0 Å². The third kappa shape index (κ3) is 6.92. The van der Waals surface area contributed by atoms with Gasteiger partial charge in [-0.3, -0.25) is 9.59 Å². The first-order chi connectivity index (χ1) is 13.8. The molecule has 0 aliphatic heterocycles. The van der Waals surface area contributed by atoms with E-state index in [4.69, 9.17) is 39.5 Å². The largest absolute Gasteiger partial charge is 0.488 e. The molecule has 0 fully saturated rings. The van der Waals surface area contributed by atoms with Crippen molar-refractivity contribution in [2.75, 3.05) is 0 Å². The zero-order valence-corrected chi connectivity index (χ0v) is 18.1. The summed E-state index contributed by atoms with van der Waals surface area (Å²) in [6.07, 6.45) is 2.05. The molecule has 0 aliphatic carbocycles. The van der Waals surface area contributed by atoms with Crippen LogP contribution < -0.4 is 15.5 Å². The monoisotopic (exact) mass is 455 g/mol. The lowest BCUT2D eigenvalue weighted by Crippen LogP contribution is -2.41. The number of rotatable bonds is 7. The van der Waals surface area contributed by atoms with E-state index in [0.29, 0.717) is 38.4 Å². The van der Waals surface area contributed by atoms with Gasteiger partial charge in [0.15, 0.2) is 0 Å². The van der Waals surface area contributed by atoms with Crippen molar-refractivity contribution in [1.82, 2.24) is 10.7 Å². The van der Waals surface area contributed by atoms with Crippen LogP contribution in [0.2, 0.25) is 15.1 Å². The molecule has 0 heterocycles. The van der Waals surface area contributed by atoms with Gasteiger partial charge in [-0.05, 0) is 43.7 Å². The van der Waals surface area contributed by atoms with E-state index in [1.54, 1.807) is 43.3 Å². The first kappa shape index (κ1) is 23.0. The van der Waals surface area contributed by atoms with Gasteiger partial charge in [0.1, 0.15) is 12.4 Å². The number of nitrogens with zero attached hydrogens (tertiary/aromatic N) is 1. The molecule has 0 unspecified atom stereocenters. The summed E-state index contributed by atoms with van der Waals surface area (Å²) in [5.74, 6) is -1.17. The van der Waals surface area contributed by atoms with Crippen LogP contribution in [0.25, 0.3) is 0 Å². The van der Waals surface area contributed by atoms with Crippen molar-refractivity contribution in [3.8, 4) is 5.75 Å². The van der Waals surface area contributed by atoms with Gasteiger partial charge in [0.05, 0.1) is 6.21 Å². The molecule has 1 atom stereocenters. The van der Waals surface area contributed by atoms with E-state index >= 15 is 0 Å². The Labute approximate surface area is 184 Å². The molecule has 0 bridgehead atoms. The minimum absolute atomic E-state index is 0.109. The van der Waals surface area contributed by atoms with Crippen molar-refractivity contribution >= 4 is 52.8 Å². The van der Waals surface area contributed by atoms with Crippen molar-refractivity contribution in [3.05, 3.63) is 62.6 Å². The molecule has 0 aliphatic rings. The maximum atomic E-state index is 11.8. The van der Waals surface area contributed by atoms with Gasteiger partial charge in [0.2, 0.25) is 0 Å². The fourth-order valence-electron chi connectivity index (χ4n) is 2.17. The fourth-order valence-corrected chi connectivity index (χ4v) is 2.86. The van der Waals surface area contributed by atoms with Crippen molar-refractivity contribution in [1.29, 1.82) is 0 Å². The minimum atomic E-state index is -0.867. The van der Waals surface area contributed by atoms with E-state index in [9.17, 15) is 9.59 Å². The van der Waals surface area contributed by atoms with Gasteiger partial charge in [-0.25, -0.2) is 5.43 Å². The standard InChI is InChI=1S/C20H20Cl3N3O3/c1-3-12(2)25-19(27)20(28)26-24-10-13-9-14(21)7-8-18(13)29-11-15-16(22)5-4-6-17(15)23/h4-10,12H,3,11H2,1-2H3,(H,25,27)(H,26,28)/b24-10-/t12-/m1/s1. The predicted molar refractivity (Wildman–Crippen MR) is 116 cm³/mol. The van der Waals surface area contributed by atoms with Crippen LogP contribution in [0.1, 0.15) is 31.4 Å². The summed E-state index contributed by atoms with van der Waals surface area (Å²) < 4.78 is 5.80. The zero-order chi connectivity index (χ0) is 21.4. The maximum absolute atomic E-state index is 11.8. The van der Waals surface area contributed by atoms with Crippen LogP contribution in [0.4, 0.5) is 0 Å². The highest BCUT2D eigenvalue weighted by Crippen LogP contribution is 2.27. The highest BCUT2D eigenvalue weighted by atomic mass is 35.5. The molecule has 2 rings (SSSR count). The molecule has 2 aromatic carbocycles. The molecule has 0 aromatic heterocycles. The number of nitrogens with one attached hydrogen (secondary N) is 2. The van der Waals surface area contributed by atoms with Crippen LogP contribution in [-0.2, 0) is 16.2 Å². The number of ether oxygens (including phenoxy) is 1. The third-order valence-electron chi connectivity index (χ3n) is 3.97. The Balaban J connectivity index is 2.07. The molecular weight excluding hydrogens is 437 g/mol. The number of amides is 2. The smallest absolute Gasteiger partial charge is 0.329 e. The van der Waals surface area contributed by atoms with Gasteiger partial charge in [-0.1, -0.05) is 47.8 Å². The summed E-state index contributed by atoms with van der Waals surface area (Å²) in [7, 11) is 0. The number of hydrazone groups is 1. The highest BCUT2D eigenvalue weighted by Gasteiger charge is 2.14. The molecule has 0 spiro atoms. The lowest BCUT2D eigenvalue weighted by atomic mass is 10.2. The van der Waals surface area contributed by atoms with E-state index in [1.165, 1.54) is 6.21 Å². The van der Waals surface area contributed by atoms with Crippen LogP contribution in [0.15, 0.2) is 41.5 Å². The van der Waals surface area contributed by atoms with Gasteiger partial charge >= 0.3 is 11.8 Å². The summed E-state index contributed by atoms with van der Waals surface area (Å²) in [6.45, 7) is 3.83. The second-order valence-corrected chi connectivity index (χ2v) is 7.40. The molecule has 0 saturated heterocycles. The average molecular weight is 457 g/mol. The molecule has 2 N–H and O–H groups in total. The van der Waals surface area contributed by atoms with Crippen LogP contribution in [-0.4, -0.2) is 24.1 Å². The number of benzene rings is 2. The van der Waals surface area contributed by atoms with Gasteiger partial charge in [0, 0.05) is 32.2 Å². The Morgan fingerprint density at radius 1 is 1.14 bits per heavy atom. The third-order valence-corrected chi connectivity index (χ3v) is 4.91. The van der Waals surface area contributed by atoms with E-state index in [-0.39, 0.29) is 12.6 Å². The Morgan fingerprint density at radius 3 is 2.48 bits per heavy atom. The Morgan fingerprint density at radius 2 is 1.83 bits per heavy atom. The Bertz CT molecular complexity index is 899. The average Bonchev–Trinajstić information content (AvgIpc) is 2.68.